The number of fused-ring (bicyclic) bond motifs is 5. The minimum atomic E-state index is -4.36. The lowest BCUT2D eigenvalue weighted by Gasteiger charge is -2.43. The van der Waals surface area contributed by atoms with E-state index in [1.54, 1.807) is 19.1 Å². The normalized spacial score (nSPS) is 22.7. The van der Waals surface area contributed by atoms with Crippen molar-refractivity contribution in [3.05, 3.63) is 64.0 Å². The van der Waals surface area contributed by atoms with Crippen LogP contribution in [0.4, 0.5) is 18.9 Å². The Kier molecular flexibility index (Phi) is 5.37. The molecule has 2 aliphatic rings. The predicted octanol–water partition coefficient (Wildman–Crippen LogP) is 6.73. The molecule has 0 saturated carbocycles. The summed E-state index contributed by atoms with van der Waals surface area (Å²) in [5, 5.41) is 4.52. The van der Waals surface area contributed by atoms with Crippen LogP contribution in [-0.2, 0) is 15.7 Å². The molecule has 0 spiro atoms. The van der Waals surface area contributed by atoms with Crippen LogP contribution < -0.4 is 5.32 Å². The van der Waals surface area contributed by atoms with Crippen molar-refractivity contribution < 1.29 is 27.4 Å². The van der Waals surface area contributed by atoms with Gasteiger partial charge >= 0.3 is 12.1 Å². The van der Waals surface area contributed by atoms with Crippen LogP contribution >= 0.6 is 11.3 Å². The number of esters is 1. The second-order valence-electron chi connectivity index (χ2n) is 8.11. The third-order valence-electron chi connectivity index (χ3n) is 6.21. The number of nitrogens with one attached hydrogen (secondary N) is 1. The largest absolute Gasteiger partial charge is 0.462 e. The van der Waals surface area contributed by atoms with Crippen LogP contribution in [0.15, 0.2) is 42.5 Å². The molecule has 0 aliphatic carbocycles. The summed E-state index contributed by atoms with van der Waals surface area (Å²) in [6.45, 7) is 2.72. The van der Waals surface area contributed by atoms with Crippen molar-refractivity contribution in [2.24, 2.45) is 5.92 Å². The van der Waals surface area contributed by atoms with Gasteiger partial charge in [0.25, 0.3) is 0 Å². The summed E-state index contributed by atoms with van der Waals surface area (Å²) in [5.41, 5.74) is 2.06. The molecule has 0 bridgehead atoms. The Morgan fingerprint density at radius 1 is 1.22 bits per heavy atom. The number of ether oxygens (including phenoxy) is 2. The van der Waals surface area contributed by atoms with Crippen LogP contribution in [-0.4, -0.2) is 19.2 Å². The Morgan fingerprint density at radius 3 is 2.72 bits per heavy atom. The highest BCUT2D eigenvalue weighted by Gasteiger charge is 2.41. The third kappa shape index (κ3) is 3.65. The molecule has 2 aliphatic heterocycles. The molecule has 1 saturated heterocycles. The predicted molar refractivity (Wildman–Crippen MR) is 117 cm³/mol. The van der Waals surface area contributed by atoms with Gasteiger partial charge in [-0.2, -0.15) is 13.2 Å². The van der Waals surface area contributed by atoms with E-state index in [9.17, 15) is 18.0 Å². The molecular formula is C24H22F3NO3S. The molecule has 2 aromatic carbocycles. The number of benzene rings is 2. The van der Waals surface area contributed by atoms with Gasteiger partial charge in [-0.1, -0.05) is 12.1 Å². The first-order valence-electron chi connectivity index (χ1n) is 10.7. The zero-order valence-corrected chi connectivity index (χ0v) is 18.2. The molecule has 0 radical (unpaired) electrons. The number of halogens is 3. The van der Waals surface area contributed by atoms with E-state index < -0.39 is 11.7 Å². The Labute approximate surface area is 187 Å². The van der Waals surface area contributed by atoms with Crippen LogP contribution in [0.1, 0.15) is 58.3 Å². The van der Waals surface area contributed by atoms with Crippen LogP contribution in [0.5, 0.6) is 0 Å². The first-order valence-corrected chi connectivity index (χ1v) is 11.5. The van der Waals surface area contributed by atoms with Gasteiger partial charge in [-0.25, -0.2) is 4.79 Å². The van der Waals surface area contributed by atoms with E-state index in [-0.39, 0.29) is 24.0 Å². The second kappa shape index (κ2) is 8.08. The van der Waals surface area contributed by atoms with Crippen molar-refractivity contribution in [1.29, 1.82) is 0 Å². The molecule has 3 unspecified atom stereocenters. The van der Waals surface area contributed by atoms with Gasteiger partial charge in [0.2, 0.25) is 0 Å². The summed E-state index contributed by atoms with van der Waals surface area (Å²) >= 11 is 1.39. The zero-order chi connectivity index (χ0) is 22.5. The highest BCUT2D eigenvalue weighted by atomic mass is 32.1. The van der Waals surface area contributed by atoms with Crippen LogP contribution in [0, 0.1) is 5.92 Å². The summed E-state index contributed by atoms with van der Waals surface area (Å²) in [7, 11) is 0. The molecule has 0 amide bonds. The van der Waals surface area contributed by atoms with Crippen molar-refractivity contribution in [2.75, 3.05) is 18.5 Å². The minimum absolute atomic E-state index is 0.0736. The number of anilines is 1. The van der Waals surface area contributed by atoms with Crippen molar-refractivity contribution in [3.8, 4) is 0 Å². The van der Waals surface area contributed by atoms with Gasteiger partial charge in [-0.05, 0) is 55.7 Å². The Balaban J connectivity index is 1.56. The number of thiophene rings is 1. The number of hydrogen-bond donors (Lipinski definition) is 1. The quantitative estimate of drug-likeness (QED) is 0.439. The topological polar surface area (TPSA) is 47.6 Å². The minimum Gasteiger partial charge on any atom is -0.462 e. The fourth-order valence-corrected chi connectivity index (χ4v) is 5.77. The summed E-state index contributed by atoms with van der Waals surface area (Å²) in [6.07, 6.45) is -2.76. The Hall–Kier alpha value is -2.58. The van der Waals surface area contributed by atoms with Crippen molar-refractivity contribution in [1.82, 2.24) is 0 Å². The van der Waals surface area contributed by atoms with E-state index in [0.717, 1.165) is 51.9 Å². The van der Waals surface area contributed by atoms with E-state index in [4.69, 9.17) is 9.47 Å². The molecule has 32 heavy (non-hydrogen) atoms. The van der Waals surface area contributed by atoms with E-state index >= 15 is 0 Å². The summed E-state index contributed by atoms with van der Waals surface area (Å²) in [4.78, 5) is 12.8. The highest BCUT2D eigenvalue weighted by molar-refractivity contribution is 7.20. The van der Waals surface area contributed by atoms with Crippen molar-refractivity contribution in [3.63, 3.8) is 0 Å². The molecule has 3 atom stereocenters. The highest BCUT2D eigenvalue weighted by Crippen LogP contribution is 2.52. The molecule has 168 valence electrons. The SMILES string of the molecule is CCOC(=O)c1cc2c3c(ccc2s1)NC(c1ccc(C(F)(F)F)cc1)C1CCCOC31. The maximum absolute atomic E-state index is 13.0. The zero-order valence-electron chi connectivity index (χ0n) is 17.4. The molecule has 8 heteroatoms. The first-order chi connectivity index (χ1) is 15.4. The Bertz CT molecular complexity index is 1160. The molecular weight excluding hydrogens is 439 g/mol. The molecule has 4 nitrogen and oxygen atoms in total. The van der Waals surface area contributed by atoms with Gasteiger partial charge in [0, 0.05) is 33.9 Å². The third-order valence-corrected chi connectivity index (χ3v) is 7.29. The van der Waals surface area contributed by atoms with Crippen LogP contribution in [0.25, 0.3) is 10.1 Å². The summed E-state index contributed by atoms with van der Waals surface area (Å²) in [6, 6.07) is 11.0. The fourth-order valence-electron chi connectivity index (χ4n) is 4.80. The first kappa shape index (κ1) is 21.3. The van der Waals surface area contributed by atoms with Gasteiger partial charge in [-0.3, -0.25) is 0 Å². The lowest BCUT2D eigenvalue weighted by molar-refractivity contribution is -0.137. The number of hydrogen-bond acceptors (Lipinski definition) is 5. The van der Waals surface area contributed by atoms with Crippen molar-refractivity contribution >= 4 is 33.1 Å². The van der Waals surface area contributed by atoms with E-state index in [1.165, 1.54) is 11.3 Å². The lowest BCUT2D eigenvalue weighted by Crippen LogP contribution is -2.36. The van der Waals surface area contributed by atoms with Crippen molar-refractivity contribution in [2.45, 2.75) is 38.1 Å². The lowest BCUT2D eigenvalue weighted by atomic mass is 9.76. The molecule has 1 N–H and O–H groups in total. The second-order valence-corrected chi connectivity index (χ2v) is 9.19. The van der Waals surface area contributed by atoms with E-state index in [0.29, 0.717) is 18.1 Å². The maximum Gasteiger partial charge on any atom is 0.416 e. The average molecular weight is 462 g/mol. The van der Waals surface area contributed by atoms with Gasteiger partial charge in [-0.15, -0.1) is 11.3 Å². The molecule has 5 rings (SSSR count). The number of alkyl halides is 3. The van der Waals surface area contributed by atoms with Crippen LogP contribution in [0.2, 0.25) is 0 Å². The van der Waals surface area contributed by atoms with Crippen LogP contribution in [0.3, 0.4) is 0 Å². The number of rotatable bonds is 3. The number of carbonyl (C=O) groups is 1. The monoisotopic (exact) mass is 461 g/mol. The molecule has 1 fully saturated rings. The standard InChI is InChI=1S/C24H22F3NO3S/c1-2-30-23(29)19-12-16-18(32-19)10-9-17-20(16)22-15(4-3-11-31-22)21(28-17)13-5-7-14(8-6-13)24(25,26)27/h5-10,12,15,21-22,28H,2-4,11H2,1H3. The fraction of sp³-hybridized carbons (Fsp3) is 0.375. The summed E-state index contributed by atoms with van der Waals surface area (Å²) in [5.74, 6) is -0.264. The van der Waals surface area contributed by atoms with Gasteiger partial charge in [0.05, 0.1) is 24.3 Å². The smallest absolute Gasteiger partial charge is 0.416 e. The number of carbonyl (C=O) groups excluding carboxylic acids is 1. The maximum atomic E-state index is 13.0. The van der Waals surface area contributed by atoms with E-state index in [1.807, 2.05) is 18.2 Å². The molecule has 3 aromatic rings. The van der Waals surface area contributed by atoms with Gasteiger partial charge in [0.15, 0.2) is 0 Å². The van der Waals surface area contributed by atoms with Gasteiger partial charge < -0.3 is 14.8 Å². The Morgan fingerprint density at radius 2 is 2.00 bits per heavy atom. The summed E-state index contributed by atoms with van der Waals surface area (Å²) < 4.78 is 51.4. The molecule has 1 aromatic heterocycles. The average Bonchev–Trinajstić information content (AvgIpc) is 3.23. The van der Waals surface area contributed by atoms with E-state index in [2.05, 4.69) is 5.32 Å². The van der Waals surface area contributed by atoms with Gasteiger partial charge in [0.1, 0.15) is 4.88 Å². The molecule has 3 heterocycles.